The van der Waals surface area contributed by atoms with Crippen molar-refractivity contribution in [3.63, 3.8) is 0 Å². The highest BCUT2D eigenvalue weighted by Gasteiger charge is 2.24. The second-order valence-electron chi connectivity index (χ2n) is 4.85. The zero-order valence-electron chi connectivity index (χ0n) is 10.7. The first-order valence-corrected chi connectivity index (χ1v) is 7.62. The number of carbonyl (C=O) groups excluding carboxylic acids is 1. The van der Waals surface area contributed by atoms with Crippen LogP contribution in [-0.2, 0) is 11.2 Å². The first-order valence-electron chi connectivity index (χ1n) is 6.74. The fourth-order valence-electron chi connectivity index (χ4n) is 2.52. The lowest BCUT2D eigenvalue weighted by Gasteiger charge is -2.28. The highest BCUT2D eigenvalue weighted by atomic mass is 32.1. The molecule has 1 fully saturated rings. The maximum absolute atomic E-state index is 12.2. The highest BCUT2D eigenvalue weighted by molar-refractivity contribution is 7.09. The Morgan fingerprint density at radius 1 is 1.44 bits per heavy atom. The number of carbonyl (C=O) groups is 1. The molecule has 100 valence electrons. The number of likely N-dealkylation sites (tertiary alicyclic amines) is 1. The quantitative estimate of drug-likeness (QED) is 0.910. The molecule has 1 aliphatic rings. The zero-order valence-corrected chi connectivity index (χ0v) is 11.5. The van der Waals surface area contributed by atoms with Crippen molar-refractivity contribution in [2.45, 2.75) is 44.6 Å². The van der Waals surface area contributed by atoms with Gasteiger partial charge < -0.3 is 10.0 Å². The summed E-state index contributed by atoms with van der Waals surface area (Å²) < 4.78 is 0. The van der Waals surface area contributed by atoms with E-state index in [9.17, 15) is 9.90 Å². The molecule has 1 unspecified atom stereocenters. The molecule has 1 aliphatic heterocycles. The van der Waals surface area contributed by atoms with Crippen LogP contribution in [0.4, 0.5) is 0 Å². The van der Waals surface area contributed by atoms with Crippen molar-refractivity contribution in [1.82, 2.24) is 4.90 Å². The van der Waals surface area contributed by atoms with Crippen LogP contribution in [0.25, 0.3) is 0 Å². The van der Waals surface area contributed by atoms with Crippen molar-refractivity contribution in [2.24, 2.45) is 0 Å². The predicted molar refractivity (Wildman–Crippen MR) is 73.7 cm³/mol. The molecule has 1 amide bonds. The third kappa shape index (κ3) is 3.56. The number of amides is 1. The highest BCUT2D eigenvalue weighted by Crippen LogP contribution is 2.19. The summed E-state index contributed by atoms with van der Waals surface area (Å²) in [5.41, 5.74) is 0. The molecular formula is C14H21NO2S. The molecule has 0 aliphatic carbocycles. The van der Waals surface area contributed by atoms with Crippen molar-refractivity contribution in [3.8, 4) is 0 Å². The lowest BCUT2D eigenvalue weighted by molar-refractivity contribution is -0.134. The number of hydrogen-bond acceptors (Lipinski definition) is 3. The van der Waals surface area contributed by atoms with Crippen molar-refractivity contribution in [3.05, 3.63) is 22.4 Å². The van der Waals surface area contributed by atoms with Gasteiger partial charge in [-0.1, -0.05) is 18.9 Å². The number of aryl methyl sites for hydroxylation is 1. The van der Waals surface area contributed by atoms with E-state index in [0.717, 1.165) is 32.2 Å². The van der Waals surface area contributed by atoms with Gasteiger partial charge in [0.25, 0.3) is 0 Å². The third-order valence-electron chi connectivity index (χ3n) is 3.57. The van der Waals surface area contributed by atoms with Crippen LogP contribution in [0, 0.1) is 0 Å². The van der Waals surface area contributed by atoms with Crippen molar-refractivity contribution in [1.29, 1.82) is 0 Å². The average Bonchev–Trinajstić information content (AvgIpc) is 2.79. The molecule has 0 radical (unpaired) electrons. The molecule has 18 heavy (non-hydrogen) atoms. The number of hydrogen-bond donors (Lipinski definition) is 1. The van der Waals surface area contributed by atoms with Gasteiger partial charge in [0.1, 0.15) is 0 Å². The molecule has 1 aromatic rings. The van der Waals surface area contributed by atoms with E-state index in [-0.39, 0.29) is 18.6 Å². The first kappa shape index (κ1) is 13.6. The van der Waals surface area contributed by atoms with Crippen molar-refractivity contribution >= 4 is 17.2 Å². The molecule has 2 rings (SSSR count). The monoisotopic (exact) mass is 267 g/mol. The minimum Gasteiger partial charge on any atom is -0.394 e. The molecule has 1 saturated heterocycles. The molecule has 1 N–H and O–H groups in total. The molecule has 1 aromatic heterocycles. The molecule has 0 spiro atoms. The Labute approximate surface area is 112 Å². The van der Waals surface area contributed by atoms with E-state index in [2.05, 4.69) is 6.07 Å². The lowest BCUT2D eigenvalue weighted by atomic mass is 10.1. The SMILES string of the molecule is O=C(CCc1cccs1)N1CCCCCC1CO. The normalized spacial score (nSPS) is 20.7. The van der Waals surface area contributed by atoms with Gasteiger partial charge in [0.2, 0.25) is 5.91 Å². The average molecular weight is 267 g/mol. The van der Waals surface area contributed by atoms with E-state index in [1.54, 1.807) is 11.3 Å². The largest absolute Gasteiger partial charge is 0.394 e. The van der Waals surface area contributed by atoms with E-state index in [0.29, 0.717) is 6.42 Å². The van der Waals surface area contributed by atoms with Gasteiger partial charge in [-0.3, -0.25) is 4.79 Å². The molecule has 4 heteroatoms. The number of aliphatic hydroxyl groups is 1. The summed E-state index contributed by atoms with van der Waals surface area (Å²) in [6, 6.07) is 4.14. The number of rotatable bonds is 4. The van der Waals surface area contributed by atoms with E-state index < -0.39 is 0 Å². The van der Waals surface area contributed by atoms with Crippen LogP contribution in [0.3, 0.4) is 0 Å². The summed E-state index contributed by atoms with van der Waals surface area (Å²) in [6.07, 6.45) is 5.70. The van der Waals surface area contributed by atoms with Gasteiger partial charge in [-0.25, -0.2) is 0 Å². The number of aliphatic hydroxyl groups excluding tert-OH is 1. The molecule has 0 aromatic carbocycles. The van der Waals surface area contributed by atoms with Crippen LogP contribution < -0.4 is 0 Å². The van der Waals surface area contributed by atoms with E-state index >= 15 is 0 Å². The lowest BCUT2D eigenvalue weighted by Crippen LogP contribution is -2.42. The number of nitrogens with zero attached hydrogens (tertiary/aromatic N) is 1. The van der Waals surface area contributed by atoms with E-state index in [4.69, 9.17) is 0 Å². The third-order valence-corrected chi connectivity index (χ3v) is 4.51. The fourth-order valence-corrected chi connectivity index (χ4v) is 3.23. The van der Waals surface area contributed by atoms with Crippen LogP contribution >= 0.6 is 11.3 Å². The second kappa shape index (κ2) is 6.90. The van der Waals surface area contributed by atoms with Crippen LogP contribution in [0.15, 0.2) is 17.5 Å². The van der Waals surface area contributed by atoms with Gasteiger partial charge in [0.15, 0.2) is 0 Å². The Kier molecular flexibility index (Phi) is 5.20. The minimum absolute atomic E-state index is 0.0448. The fraction of sp³-hybridized carbons (Fsp3) is 0.643. The Balaban J connectivity index is 1.89. The summed E-state index contributed by atoms with van der Waals surface area (Å²) in [5.74, 6) is 0.198. The van der Waals surface area contributed by atoms with Gasteiger partial charge in [-0.2, -0.15) is 0 Å². The van der Waals surface area contributed by atoms with E-state index in [1.165, 1.54) is 11.3 Å². The summed E-state index contributed by atoms with van der Waals surface area (Å²) in [7, 11) is 0. The molecule has 1 atom stereocenters. The van der Waals surface area contributed by atoms with Crippen LogP contribution in [-0.4, -0.2) is 35.1 Å². The zero-order chi connectivity index (χ0) is 12.8. The Hall–Kier alpha value is -0.870. The standard InChI is InChI=1S/C14H21NO2S/c16-11-12-5-2-1-3-9-15(12)14(17)8-7-13-6-4-10-18-13/h4,6,10,12,16H,1-3,5,7-9,11H2. The van der Waals surface area contributed by atoms with Gasteiger partial charge in [0, 0.05) is 17.8 Å². The predicted octanol–water partition coefficient (Wildman–Crippen LogP) is 2.44. The molecule has 0 bridgehead atoms. The van der Waals surface area contributed by atoms with Crippen molar-refractivity contribution < 1.29 is 9.90 Å². The molecule has 0 saturated carbocycles. The van der Waals surface area contributed by atoms with Gasteiger partial charge in [-0.15, -0.1) is 11.3 Å². The smallest absolute Gasteiger partial charge is 0.223 e. The van der Waals surface area contributed by atoms with Gasteiger partial charge in [-0.05, 0) is 30.7 Å². The summed E-state index contributed by atoms with van der Waals surface area (Å²) in [4.78, 5) is 15.4. The van der Waals surface area contributed by atoms with Crippen LogP contribution in [0.1, 0.15) is 37.0 Å². The van der Waals surface area contributed by atoms with E-state index in [1.807, 2.05) is 16.3 Å². The second-order valence-corrected chi connectivity index (χ2v) is 5.88. The Morgan fingerprint density at radius 2 is 2.33 bits per heavy atom. The Bertz CT molecular complexity index is 364. The minimum atomic E-state index is 0.0448. The van der Waals surface area contributed by atoms with Crippen LogP contribution in [0.2, 0.25) is 0 Å². The first-order chi connectivity index (χ1) is 8.81. The van der Waals surface area contributed by atoms with Crippen molar-refractivity contribution in [2.75, 3.05) is 13.2 Å². The maximum atomic E-state index is 12.2. The van der Waals surface area contributed by atoms with Gasteiger partial charge >= 0.3 is 0 Å². The summed E-state index contributed by atoms with van der Waals surface area (Å²) >= 11 is 1.70. The molecule has 3 nitrogen and oxygen atoms in total. The maximum Gasteiger partial charge on any atom is 0.223 e. The van der Waals surface area contributed by atoms with Gasteiger partial charge in [0.05, 0.1) is 12.6 Å². The summed E-state index contributed by atoms with van der Waals surface area (Å²) in [5, 5.41) is 11.4. The molecule has 2 heterocycles. The molecular weight excluding hydrogens is 246 g/mol. The number of thiophene rings is 1. The summed E-state index contributed by atoms with van der Waals surface area (Å²) in [6.45, 7) is 0.916. The Morgan fingerprint density at radius 3 is 3.06 bits per heavy atom. The van der Waals surface area contributed by atoms with Crippen LogP contribution in [0.5, 0.6) is 0 Å². The topological polar surface area (TPSA) is 40.5 Å².